The van der Waals surface area contributed by atoms with Crippen molar-refractivity contribution >= 4 is 28.5 Å². The normalized spacial score (nSPS) is 17.5. The number of phenolic OH excluding ortho intramolecular Hbond substituents is 1. The van der Waals surface area contributed by atoms with Crippen LogP contribution in [0.3, 0.4) is 0 Å². The van der Waals surface area contributed by atoms with Crippen LogP contribution in [0.5, 0.6) is 5.75 Å². The van der Waals surface area contributed by atoms with E-state index in [2.05, 4.69) is 10.3 Å². The number of hydrogen-bond acceptors (Lipinski definition) is 5. The van der Waals surface area contributed by atoms with E-state index >= 15 is 0 Å². The second kappa shape index (κ2) is 9.97. The van der Waals surface area contributed by atoms with E-state index in [-0.39, 0.29) is 45.0 Å². The largest absolute Gasteiger partial charge is 0.506 e. The van der Waals surface area contributed by atoms with Gasteiger partial charge in [-0.3, -0.25) is 14.2 Å². The summed E-state index contributed by atoms with van der Waals surface area (Å²) < 4.78 is 43.6. The van der Waals surface area contributed by atoms with Crippen molar-refractivity contribution in [3.8, 4) is 11.4 Å². The summed E-state index contributed by atoms with van der Waals surface area (Å²) in [5.74, 6) is -3.64. The van der Waals surface area contributed by atoms with E-state index in [1.54, 1.807) is 0 Å². The highest BCUT2D eigenvalue weighted by atomic mass is 35.5. The first kappa shape index (κ1) is 25.5. The van der Waals surface area contributed by atoms with Gasteiger partial charge < -0.3 is 10.4 Å². The minimum atomic E-state index is -1.20. The summed E-state index contributed by atoms with van der Waals surface area (Å²) in [6, 6.07) is 7.02. The zero-order valence-electron chi connectivity index (χ0n) is 19.6. The van der Waals surface area contributed by atoms with Crippen LogP contribution in [0.2, 0.25) is 5.02 Å². The Bertz CT molecular complexity index is 1700. The number of amides is 1. The van der Waals surface area contributed by atoms with Gasteiger partial charge in [-0.05, 0) is 62.1 Å². The Morgan fingerprint density at radius 2 is 1.74 bits per heavy atom. The Hall–Kier alpha value is -4.12. The summed E-state index contributed by atoms with van der Waals surface area (Å²) in [5, 5.41) is 12.3. The van der Waals surface area contributed by atoms with E-state index in [4.69, 9.17) is 11.6 Å². The van der Waals surface area contributed by atoms with Gasteiger partial charge in [0.2, 0.25) is 0 Å². The second-order valence-corrected chi connectivity index (χ2v) is 9.47. The van der Waals surface area contributed by atoms with Crippen LogP contribution in [-0.2, 0) is 0 Å². The molecule has 0 bridgehead atoms. The lowest BCUT2D eigenvalue weighted by molar-refractivity contribution is 0.0922. The molecule has 2 heterocycles. The number of benzene rings is 2. The molecule has 2 aromatic carbocycles. The van der Waals surface area contributed by atoms with Gasteiger partial charge in [0, 0.05) is 23.7 Å². The Kier molecular flexibility index (Phi) is 6.70. The molecule has 0 radical (unpaired) electrons. The highest BCUT2D eigenvalue weighted by Crippen LogP contribution is 2.28. The number of nitrogens with one attached hydrogen (secondary N) is 1. The second-order valence-electron chi connectivity index (χ2n) is 9.06. The first-order valence-corrected chi connectivity index (χ1v) is 12.1. The maximum atomic E-state index is 14.0. The number of phenols is 1. The van der Waals surface area contributed by atoms with Gasteiger partial charge >= 0.3 is 5.69 Å². The maximum absolute atomic E-state index is 14.0. The van der Waals surface area contributed by atoms with Crippen molar-refractivity contribution in [2.24, 2.45) is 0 Å². The van der Waals surface area contributed by atoms with Crippen molar-refractivity contribution in [2.75, 3.05) is 0 Å². The summed E-state index contributed by atoms with van der Waals surface area (Å²) in [4.78, 5) is 43.4. The Labute approximate surface area is 217 Å². The van der Waals surface area contributed by atoms with Crippen molar-refractivity contribution in [1.82, 2.24) is 19.4 Å². The Morgan fingerprint density at radius 3 is 2.42 bits per heavy atom. The van der Waals surface area contributed by atoms with E-state index in [1.807, 2.05) is 0 Å². The van der Waals surface area contributed by atoms with Crippen molar-refractivity contribution in [1.29, 1.82) is 0 Å². The van der Waals surface area contributed by atoms with Gasteiger partial charge in [-0.1, -0.05) is 11.6 Å². The molecule has 5 rings (SSSR count). The van der Waals surface area contributed by atoms with Gasteiger partial charge in [-0.2, -0.15) is 0 Å². The van der Waals surface area contributed by atoms with Crippen molar-refractivity contribution in [3.63, 3.8) is 0 Å². The van der Waals surface area contributed by atoms with Crippen LogP contribution in [0.1, 0.15) is 42.1 Å². The molecule has 1 fully saturated rings. The fraction of sp³-hybridized carbons (Fsp3) is 0.231. The number of fused-ring (bicyclic) bond motifs is 1. The average molecular weight is 545 g/mol. The van der Waals surface area contributed by atoms with Gasteiger partial charge in [0.25, 0.3) is 11.5 Å². The van der Waals surface area contributed by atoms with E-state index in [0.717, 1.165) is 33.5 Å². The number of aromatic nitrogens is 3. The van der Waals surface area contributed by atoms with Crippen molar-refractivity contribution in [2.45, 2.75) is 37.8 Å². The molecule has 2 aromatic heterocycles. The fourth-order valence-corrected chi connectivity index (χ4v) is 4.94. The molecule has 38 heavy (non-hydrogen) atoms. The quantitative estimate of drug-likeness (QED) is 0.400. The summed E-state index contributed by atoms with van der Waals surface area (Å²) >= 11 is 5.88. The molecule has 1 amide bonds. The molecule has 0 spiro atoms. The van der Waals surface area contributed by atoms with Crippen LogP contribution in [0, 0.1) is 17.5 Å². The first-order chi connectivity index (χ1) is 18.1. The minimum Gasteiger partial charge on any atom is -0.506 e. The molecule has 2 N–H and O–H groups in total. The molecular weight excluding hydrogens is 525 g/mol. The van der Waals surface area contributed by atoms with E-state index < -0.39 is 34.7 Å². The van der Waals surface area contributed by atoms with Gasteiger partial charge in [0.1, 0.15) is 11.6 Å². The maximum Gasteiger partial charge on any atom is 0.337 e. The van der Waals surface area contributed by atoms with Crippen LogP contribution in [0.4, 0.5) is 13.2 Å². The highest BCUT2D eigenvalue weighted by Gasteiger charge is 2.28. The zero-order chi connectivity index (χ0) is 27.1. The average Bonchev–Trinajstić information content (AvgIpc) is 2.89. The predicted molar refractivity (Wildman–Crippen MR) is 133 cm³/mol. The van der Waals surface area contributed by atoms with Crippen LogP contribution in [0.15, 0.2) is 58.3 Å². The third-order valence-corrected chi connectivity index (χ3v) is 6.96. The van der Waals surface area contributed by atoms with Crippen LogP contribution >= 0.6 is 11.6 Å². The first-order valence-electron chi connectivity index (χ1n) is 11.7. The van der Waals surface area contributed by atoms with Gasteiger partial charge in [0.05, 0.1) is 22.3 Å². The van der Waals surface area contributed by atoms with E-state index in [1.165, 1.54) is 24.3 Å². The fourth-order valence-electron chi connectivity index (χ4n) is 4.76. The topological polar surface area (TPSA) is 106 Å². The molecule has 0 aliphatic heterocycles. The summed E-state index contributed by atoms with van der Waals surface area (Å²) in [6.45, 7) is 0. The Balaban J connectivity index is 1.46. The molecular formula is C26H20ClF3N4O4. The van der Waals surface area contributed by atoms with Crippen LogP contribution in [0.25, 0.3) is 16.7 Å². The molecule has 1 aliphatic rings. The molecule has 1 saturated carbocycles. The van der Waals surface area contributed by atoms with Crippen LogP contribution in [-0.4, -0.2) is 31.2 Å². The number of hydrogen-bond donors (Lipinski definition) is 2. The molecule has 4 aromatic rings. The van der Waals surface area contributed by atoms with Gasteiger partial charge in [0.15, 0.2) is 17.3 Å². The molecule has 0 saturated heterocycles. The predicted octanol–water partition coefficient (Wildman–Crippen LogP) is 4.24. The summed E-state index contributed by atoms with van der Waals surface area (Å²) in [5.41, 5.74) is -1.55. The minimum absolute atomic E-state index is 0.0419. The molecule has 8 nitrogen and oxygen atoms in total. The molecule has 0 unspecified atom stereocenters. The number of pyridine rings is 1. The van der Waals surface area contributed by atoms with E-state index in [0.29, 0.717) is 25.7 Å². The summed E-state index contributed by atoms with van der Waals surface area (Å²) in [6.07, 6.45) is 2.36. The lowest BCUT2D eigenvalue weighted by Crippen LogP contribution is -2.45. The Morgan fingerprint density at radius 1 is 1.00 bits per heavy atom. The van der Waals surface area contributed by atoms with Crippen LogP contribution < -0.4 is 16.6 Å². The SMILES string of the molecule is O=C(NC1CCC(n2c(=O)c3cc(F)cnc3n(-c3ccc(F)c(F)c3)c2=O)CC1)c1ccc(O)c(Cl)c1. The number of aromatic hydroxyl groups is 1. The lowest BCUT2D eigenvalue weighted by atomic mass is 9.90. The standard InChI is InChI=1S/C26H20ClF3N4O4/c27-19-9-13(1-8-22(19)35)24(36)32-15-2-4-16(5-3-15)34-25(37)18-10-14(28)12-31-23(18)33(26(34)38)17-6-7-20(29)21(30)11-17/h1,6-12,15-16,35H,2-5H2,(H,32,36). The number of carbonyl (C=O) groups is 1. The third-order valence-electron chi connectivity index (χ3n) is 6.66. The third kappa shape index (κ3) is 4.65. The van der Waals surface area contributed by atoms with Gasteiger partial charge in [-0.15, -0.1) is 0 Å². The molecule has 1 aliphatic carbocycles. The number of halogens is 4. The molecule has 0 atom stereocenters. The smallest absolute Gasteiger partial charge is 0.337 e. The number of nitrogens with zero attached hydrogens (tertiary/aromatic N) is 3. The van der Waals surface area contributed by atoms with Crippen molar-refractivity contribution in [3.05, 3.63) is 97.5 Å². The zero-order valence-corrected chi connectivity index (χ0v) is 20.4. The van der Waals surface area contributed by atoms with Gasteiger partial charge in [-0.25, -0.2) is 27.5 Å². The molecule has 196 valence electrons. The highest BCUT2D eigenvalue weighted by molar-refractivity contribution is 6.32. The molecule has 12 heteroatoms. The number of rotatable bonds is 4. The van der Waals surface area contributed by atoms with Crippen molar-refractivity contribution < 1.29 is 23.1 Å². The monoisotopic (exact) mass is 544 g/mol. The summed E-state index contributed by atoms with van der Waals surface area (Å²) in [7, 11) is 0. The lowest BCUT2D eigenvalue weighted by Gasteiger charge is -2.30. The van der Waals surface area contributed by atoms with E-state index in [9.17, 15) is 32.7 Å². The number of carbonyl (C=O) groups excluding carboxylic acids is 1.